The molecule has 0 saturated heterocycles. The number of carbonyl (C=O) groups excluding carboxylic acids is 2. The molecule has 35 heavy (non-hydrogen) atoms. The first-order valence-corrected chi connectivity index (χ1v) is 13.1. The van der Waals surface area contributed by atoms with Gasteiger partial charge in [0.1, 0.15) is 5.60 Å². The molecular weight excluding hydrogens is 446 g/mol. The molecule has 7 nitrogen and oxygen atoms in total. The fraction of sp³-hybridized carbons (Fsp3) is 0.714. The molecule has 7 heteroatoms. The van der Waals surface area contributed by atoms with Gasteiger partial charge in [-0.2, -0.15) is 0 Å². The number of nitrogens with zero attached hydrogens (tertiary/aromatic N) is 1. The van der Waals surface area contributed by atoms with E-state index in [-0.39, 0.29) is 24.7 Å². The highest BCUT2D eigenvalue weighted by Crippen LogP contribution is 2.40. The fourth-order valence-electron chi connectivity index (χ4n) is 4.46. The molecule has 0 bridgehead atoms. The van der Waals surface area contributed by atoms with E-state index in [4.69, 9.17) is 18.9 Å². The van der Waals surface area contributed by atoms with Crippen LogP contribution in [-0.2, 0) is 20.7 Å². The number of fused-ring (bicyclic) bond motifs is 1. The molecule has 1 aliphatic heterocycles. The minimum Gasteiger partial charge on any atom is -0.493 e. The van der Waals surface area contributed by atoms with Crippen molar-refractivity contribution in [1.82, 2.24) is 4.90 Å². The van der Waals surface area contributed by atoms with Crippen LogP contribution in [0.3, 0.4) is 0 Å². The molecule has 1 aromatic carbocycles. The third-order valence-electron chi connectivity index (χ3n) is 6.27. The van der Waals surface area contributed by atoms with Crippen LogP contribution in [0.2, 0.25) is 0 Å². The van der Waals surface area contributed by atoms with Crippen LogP contribution >= 0.6 is 0 Å². The van der Waals surface area contributed by atoms with Crippen LogP contribution in [-0.4, -0.2) is 49.9 Å². The molecule has 0 fully saturated rings. The lowest BCUT2D eigenvalue weighted by Gasteiger charge is -2.38. The summed E-state index contributed by atoms with van der Waals surface area (Å²) in [6, 6.07) is 3.62. The molecule has 0 aliphatic carbocycles. The summed E-state index contributed by atoms with van der Waals surface area (Å²) in [4.78, 5) is 27.0. The van der Waals surface area contributed by atoms with Crippen molar-refractivity contribution in [2.24, 2.45) is 0 Å². The third-order valence-corrected chi connectivity index (χ3v) is 6.27. The predicted molar refractivity (Wildman–Crippen MR) is 137 cm³/mol. The highest BCUT2D eigenvalue weighted by molar-refractivity contribution is 5.70. The number of esters is 1. The van der Waals surface area contributed by atoms with Gasteiger partial charge >= 0.3 is 12.1 Å². The number of methoxy groups -OCH3 is 2. The van der Waals surface area contributed by atoms with Crippen LogP contribution < -0.4 is 9.47 Å². The van der Waals surface area contributed by atoms with Gasteiger partial charge < -0.3 is 23.8 Å². The van der Waals surface area contributed by atoms with Crippen LogP contribution in [0.15, 0.2) is 12.1 Å². The maximum Gasteiger partial charge on any atom is 0.410 e. The van der Waals surface area contributed by atoms with Crippen molar-refractivity contribution in [3.63, 3.8) is 0 Å². The Morgan fingerprint density at radius 3 is 2.23 bits per heavy atom. The van der Waals surface area contributed by atoms with E-state index < -0.39 is 5.60 Å². The normalized spacial score (nSPS) is 15.4. The molecule has 1 atom stereocenters. The van der Waals surface area contributed by atoms with Gasteiger partial charge in [-0.25, -0.2) is 4.79 Å². The van der Waals surface area contributed by atoms with Crippen molar-refractivity contribution in [2.45, 2.75) is 104 Å². The topological polar surface area (TPSA) is 74.3 Å². The van der Waals surface area contributed by atoms with Gasteiger partial charge in [0, 0.05) is 19.4 Å². The summed E-state index contributed by atoms with van der Waals surface area (Å²) >= 11 is 0. The molecule has 1 heterocycles. The summed E-state index contributed by atoms with van der Waals surface area (Å²) in [7, 11) is 3.21. The maximum atomic E-state index is 13.0. The number of ether oxygens (including phenoxy) is 4. The second-order valence-electron chi connectivity index (χ2n) is 10.2. The smallest absolute Gasteiger partial charge is 0.410 e. The zero-order chi connectivity index (χ0) is 25.8. The third kappa shape index (κ3) is 9.26. The first kappa shape index (κ1) is 28.8. The standard InChI is InChI=1S/C28H45NO6/c1-7-8-9-10-11-12-13-14-26(30)34-18-16-23-22-20-25(33-6)24(32-5)19-21(22)15-17-29(23)27(31)35-28(2,3)4/h19-20,23H,7-18H2,1-6H3/t23-/m0/s1. The zero-order valence-electron chi connectivity index (χ0n) is 22.6. The number of carbonyl (C=O) groups is 2. The maximum absolute atomic E-state index is 13.0. The van der Waals surface area contributed by atoms with Crippen molar-refractivity contribution in [2.75, 3.05) is 27.4 Å². The van der Waals surface area contributed by atoms with E-state index in [2.05, 4.69) is 6.92 Å². The Kier molecular flexibility index (Phi) is 11.7. The molecular formula is C28H45NO6. The van der Waals surface area contributed by atoms with Gasteiger partial charge in [-0.1, -0.05) is 45.4 Å². The number of benzene rings is 1. The minimum atomic E-state index is -0.595. The van der Waals surface area contributed by atoms with E-state index in [0.717, 1.165) is 24.0 Å². The molecule has 0 unspecified atom stereocenters. The summed E-state index contributed by atoms with van der Waals surface area (Å²) < 4.78 is 22.2. The van der Waals surface area contributed by atoms with Crippen LogP contribution in [0, 0.1) is 0 Å². The molecule has 1 amide bonds. The quantitative estimate of drug-likeness (QED) is 0.228. The van der Waals surface area contributed by atoms with Crippen molar-refractivity contribution in [3.05, 3.63) is 23.3 Å². The van der Waals surface area contributed by atoms with Crippen LogP contribution in [0.4, 0.5) is 4.79 Å². The van der Waals surface area contributed by atoms with Gasteiger partial charge in [0.05, 0.1) is 26.9 Å². The number of hydrogen-bond donors (Lipinski definition) is 0. The Morgan fingerprint density at radius 1 is 0.971 bits per heavy atom. The molecule has 0 saturated carbocycles. The number of unbranched alkanes of at least 4 members (excludes halogenated alkanes) is 6. The Hall–Kier alpha value is -2.44. The summed E-state index contributed by atoms with van der Waals surface area (Å²) in [6.45, 7) is 8.55. The SMILES string of the molecule is CCCCCCCCCC(=O)OCC[C@H]1c2cc(OC)c(OC)cc2CCN1C(=O)OC(C)(C)C. The number of rotatable bonds is 13. The predicted octanol–water partition coefficient (Wildman–Crippen LogP) is 6.61. The van der Waals surface area contributed by atoms with Gasteiger partial charge in [-0.15, -0.1) is 0 Å². The summed E-state index contributed by atoms with van der Waals surface area (Å²) in [6.07, 6.45) is 9.37. The van der Waals surface area contributed by atoms with Crippen LogP contribution in [0.25, 0.3) is 0 Å². The summed E-state index contributed by atoms with van der Waals surface area (Å²) in [5.41, 5.74) is 1.48. The van der Waals surface area contributed by atoms with Crippen molar-refractivity contribution in [3.8, 4) is 11.5 Å². The highest BCUT2D eigenvalue weighted by atomic mass is 16.6. The van der Waals surface area contributed by atoms with E-state index in [1.54, 1.807) is 19.1 Å². The van der Waals surface area contributed by atoms with Crippen molar-refractivity contribution < 1.29 is 28.5 Å². The fourth-order valence-corrected chi connectivity index (χ4v) is 4.46. The molecule has 198 valence electrons. The number of amides is 1. The second-order valence-corrected chi connectivity index (χ2v) is 10.2. The lowest BCUT2D eigenvalue weighted by atomic mass is 9.90. The van der Waals surface area contributed by atoms with E-state index in [9.17, 15) is 9.59 Å². The molecule has 0 radical (unpaired) electrons. The first-order valence-electron chi connectivity index (χ1n) is 13.1. The molecule has 1 aliphatic rings. The van der Waals surface area contributed by atoms with Crippen molar-refractivity contribution in [1.29, 1.82) is 0 Å². The van der Waals surface area contributed by atoms with Crippen molar-refractivity contribution >= 4 is 12.1 Å². The van der Waals surface area contributed by atoms with Gasteiger partial charge in [0.15, 0.2) is 11.5 Å². The van der Waals surface area contributed by atoms with E-state index in [0.29, 0.717) is 37.3 Å². The van der Waals surface area contributed by atoms with Crippen LogP contribution in [0.1, 0.15) is 103 Å². The summed E-state index contributed by atoms with van der Waals surface area (Å²) in [5, 5.41) is 0. The molecule has 2 rings (SSSR count). The monoisotopic (exact) mass is 491 g/mol. The Morgan fingerprint density at radius 2 is 1.60 bits per heavy atom. The van der Waals surface area contributed by atoms with Crippen LogP contribution in [0.5, 0.6) is 11.5 Å². The highest BCUT2D eigenvalue weighted by Gasteiger charge is 2.34. The van der Waals surface area contributed by atoms with E-state index >= 15 is 0 Å². The van der Waals surface area contributed by atoms with Gasteiger partial charge in [-0.05, 0) is 56.9 Å². The zero-order valence-corrected chi connectivity index (χ0v) is 22.6. The first-order chi connectivity index (χ1) is 16.7. The lowest BCUT2D eigenvalue weighted by Crippen LogP contribution is -2.43. The molecule has 1 aromatic rings. The average Bonchev–Trinajstić information content (AvgIpc) is 2.81. The number of hydrogen-bond acceptors (Lipinski definition) is 6. The van der Waals surface area contributed by atoms with Gasteiger partial charge in [0.2, 0.25) is 0 Å². The molecule has 0 N–H and O–H groups in total. The van der Waals surface area contributed by atoms with E-state index in [1.165, 1.54) is 32.1 Å². The lowest BCUT2D eigenvalue weighted by molar-refractivity contribution is -0.144. The Balaban J connectivity index is 2.02. The van der Waals surface area contributed by atoms with Gasteiger partial charge in [0.25, 0.3) is 0 Å². The Labute approximate surface area is 211 Å². The average molecular weight is 492 g/mol. The minimum absolute atomic E-state index is 0.175. The molecule has 0 aromatic heterocycles. The Bertz CT molecular complexity index is 816. The van der Waals surface area contributed by atoms with E-state index in [1.807, 2.05) is 32.9 Å². The largest absolute Gasteiger partial charge is 0.493 e. The molecule has 0 spiro atoms. The summed E-state index contributed by atoms with van der Waals surface area (Å²) in [5.74, 6) is 1.10. The van der Waals surface area contributed by atoms with Gasteiger partial charge in [-0.3, -0.25) is 4.79 Å². The second kappa shape index (κ2) is 14.2.